The molecule has 8 nitrogen and oxygen atoms in total. The summed E-state index contributed by atoms with van der Waals surface area (Å²) in [5, 5.41) is 15.4. The van der Waals surface area contributed by atoms with Crippen LogP contribution in [0.4, 0.5) is 11.5 Å². The third-order valence-electron chi connectivity index (χ3n) is 5.66. The van der Waals surface area contributed by atoms with E-state index in [1.54, 1.807) is 12.3 Å². The number of nitrogens with one attached hydrogen (secondary N) is 2. The van der Waals surface area contributed by atoms with E-state index in [4.69, 9.17) is 10.4 Å². The number of fused-ring (bicyclic) bond motifs is 2. The Hall–Kier alpha value is -3.12. The summed E-state index contributed by atoms with van der Waals surface area (Å²) in [6.07, 6.45) is 6.10. The SMILES string of the molecule is CC#N.CC(C)(C)N1Cc2cc(Nc3nn(CC4CC4)c4c3S(=O)NC=C4)ccc2C1=O. The van der Waals surface area contributed by atoms with E-state index >= 15 is 0 Å². The molecule has 0 saturated heterocycles. The van der Waals surface area contributed by atoms with Crippen LogP contribution in [-0.4, -0.2) is 30.3 Å². The Morgan fingerprint density at radius 3 is 2.72 bits per heavy atom. The number of nitrogens with zero attached hydrogens (tertiary/aromatic N) is 4. The molecule has 0 radical (unpaired) electrons. The zero-order valence-corrected chi connectivity index (χ0v) is 19.6. The fourth-order valence-corrected chi connectivity index (χ4v) is 4.82. The first-order chi connectivity index (χ1) is 15.2. The third-order valence-corrected chi connectivity index (χ3v) is 6.78. The van der Waals surface area contributed by atoms with Gasteiger partial charge in [0.05, 0.1) is 11.8 Å². The molecule has 1 unspecified atom stereocenters. The molecule has 5 rings (SSSR count). The summed E-state index contributed by atoms with van der Waals surface area (Å²) in [6.45, 7) is 9.02. The molecule has 2 aromatic rings. The van der Waals surface area contributed by atoms with Crippen LogP contribution in [0.1, 0.15) is 62.2 Å². The zero-order valence-electron chi connectivity index (χ0n) is 18.8. The summed E-state index contributed by atoms with van der Waals surface area (Å²) in [5.74, 6) is 1.34. The minimum atomic E-state index is -1.34. The van der Waals surface area contributed by atoms with Crippen molar-refractivity contribution in [3.63, 3.8) is 0 Å². The molecular formula is C23H28N6O2S. The topological polar surface area (TPSA) is 103 Å². The second kappa shape index (κ2) is 8.43. The Labute approximate surface area is 190 Å². The molecule has 32 heavy (non-hydrogen) atoms. The lowest BCUT2D eigenvalue weighted by Gasteiger charge is -2.31. The van der Waals surface area contributed by atoms with Gasteiger partial charge in [-0.3, -0.25) is 9.48 Å². The van der Waals surface area contributed by atoms with Crippen LogP contribution in [0.3, 0.4) is 0 Å². The molecule has 9 heteroatoms. The fraction of sp³-hybridized carbons (Fsp3) is 0.435. The zero-order chi connectivity index (χ0) is 23.0. The summed E-state index contributed by atoms with van der Waals surface area (Å²) in [4.78, 5) is 15.3. The van der Waals surface area contributed by atoms with Gasteiger partial charge in [-0.1, -0.05) is 0 Å². The molecule has 0 spiro atoms. The van der Waals surface area contributed by atoms with Crippen LogP contribution >= 0.6 is 0 Å². The van der Waals surface area contributed by atoms with Crippen molar-refractivity contribution >= 4 is 34.5 Å². The number of carbonyl (C=O) groups is 1. The normalized spacial score (nSPS) is 18.8. The number of hydrogen-bond donors (Lipinski definition) is 2. The number of amides is 1. The van der Waals surface area contributed by atoms with Gasteiger partial charge in [-0.05, 0) is 69.4 Å². The van der Waals surface area contributed by atoms with Crippen molar-refractivity contribution in [2.24, 2.45) is 5.92 Å². The molecule has 2 N–H and O–H groups in total. The van der Waals surface area contributed by atoms with Crippen molar-refractivity contribution in [1.82, 2.24) is 19.4 Å². The summed E-state index contributed by atoms with van der Waals surface area (Å²) < 4.78 is 17.4. The first kappa shape index (κ1) is 22.1. The Kier molecular flexibility index (Phi) is 5.82. The van der Waals surface area contributed by atoms with Crippen LogP contribution in [-0.2, 0) is 24.1 Å². The molecule has 1 atom stereocenters. The predicted molar refractivity (Wildman–Crippen MR) is 124 cm³/mol. The quantitative estimate of drug-likeness (QED) is 0.732. The second-order valence-corrected chi connectivity index (χ2v) is 10.4. The maximum absolute atomic E-state index is 12.7. The van der Waals surface area contributed by atoms with Crippen LogP contribution in [0.25, 0.3) is 6.08 Å². The molecule has 0 bridgehead atoms. The minimum Gasteiger partial charge on any atom is -0.338 e. The molecule has 1 amide bonds. The average molecular weight is 453 g/mol. The third kappa shape index (κ3) is 4.28. The monoisotopic (exact) mass is 452 g/mol. The first-order valence-electron chi connectivity index (χ1n) is 10.7. The summed E-state index contributed by atoms with van der Waals surface area (Å²) >= 11 is 0. The largest absolute Gasteiger partial charge is 0.338 e. The van der Waals surface area contributed by atoms with Crippen molar-refractivity contribution in [1.29, 1.82) is 5.26 Å². The molecular weight excluding hydrogens is 424 g/mol. The maximum atomic E-state index is 12.7. The minimum absolute atomic E-state index is 0.0700. The van der Waals surface area contributed by atoms with Crippen LogP contribution < -0.4 is 10.0 Å². The van der Waals surface area contributed by atoms with Gasteiger partial charge in [0.15, 0.2) is 16.8 Å². The number of rotatable bonds is 4. The Balaban J connectivity index is 0.000000775. The van der Waals surface area contributed by atoms with Crippen LogP contribution in [0.2, 0.25) is 0 Å². The van der Waals surface area contributed by atoms with Crippen molar-refractivity contribution < 1.29 is 9.00 Å². The number of aromatic nitrogens is 2. The van der Waals surface area contributed by atoms with Gasteiger partial charge in [0.1, 0.15) is 4.90 Å². The number of anilines is 2. The Morgan fingerprint density at radius 2 is 2.06 bits per heavy atom. The summed E-state index contributed by atoms with van der Waals surface area (Å²) in [5.41, 5.74) is 3.27. The average Bonchev–Trinajstić information content (AvgIpc) is 3.38. The molecule has 3 heterocycles. The molecule has 1 aliphatic carbocycles. The van der Waals surface area contributed by atoms with E-state index in [9.17, 15) is 9.00 Å². The van der Waals surface area contributed by atoms with Gasteiger partial charge in [0, 0.05) is 43.0 Å². The van der Waals surface area contributed by atoms with Crippen molar-refractivity contribution in [2.45, 2.75) is 64.1 Å². The van der Waals surface area contributed by atoms with Crippen molar-refractivity contribution in [3.8, 4) is 6.07 Å². The molecule has 168 valence electrons. The van der Waals surface area contributed by atoms with E-state index in [2.05, 4.69) is 10.0 Å². The summed E-state index contributed by atoms with van der Waals surface area (Å²) in [6, 6.07) is 7.51. The van der Waals surface area contributed by atoms with Crippen molar-refractivity contribution in [3.05, 3.63) is 41.2 Å². The maximum Gasteiger partial charge on any atom is 0.254 e. The number of carbonyl (C=O) groups excluding carboxylic acids is 1. The number of nitriles is 1. The van der Waals surface area contributed by atoms with Gasteiger partial charge < -0.3 is 14.9 Å². The summed E-state index contributed by atoms with van der Waals surface area (Å²) in [7, 11) is -1.34. The van der Waals surface area contributed by atoms with Crippen LogP contribution in [0.15, 0.2) is 29.3 Å². The lowest BCUT2D eigenvalue weighted by Crippen LogP contribution is -2.41. The highest BCUT2D eigenvalue weighted by Gasteiger charge is 2.35. The molecule has 2 aliphatic heterocycles. The van der Waals surface area contributed by atoms with E-state index in [0.717, 1.165) is 29.1 Å². The van der Waals surface area contributed by atoms with Gasteiger partial charge in [-0.2, -0.15) is 10.4 Å². The molecule has 1 aromatic carbocycles. The highest BCUT2D eigenvalue weighted by molar-refractivity contribution is 7.83. The van der Waals surface area contributed by atoms with Gasteiger partial charge in [-0.25, -0.2) is 4.21 Å². The fourth-order valence-electron chi connectivity index (χ4n) is 3.88. The number of benzene rings is 1. The Morgan fingerprint density at radius 1 is 1.34 bits per heavy atom. The number of hydrogen-bond acceptors (Lipinski definition) is 5. The molecule has 3 aliphatic rings. The van der Waals surface area contributed by atoms with Crippen molar-refractivity contribution in [2.75, 3.05) is 5.32 Å². The van der Waals surface area contributed by atoms with Crippen LogP contribution in [0.5, 0.6) is 0 Å². The highest BCUT2D eigenvalue weighted by atomic mass is 32.2. The predicted octanol–water partition coefficient (Wildman–Crippen LogP) is 3.92. The first-order valence-corrected chi connectivity index (χ1v) is 11.9. The Bertz CT molecular complexity index is 1150. The van der Waals surface area contributed by atoms with E-state index in [1.807, 2.05) is 54.6 Å². The second-order valence-electron chi connectivity index (χ2n) is 9.19. The molecule has 1 fully saturated rings. The van der Waals surface area contributed by atoms with Gasteiger partial charge >= 0.3 is 0 Å². The van der Waals surface area contributed by atoms with E-state index in [-0.39, 0.29) is 11.4 Å². The molecule has 1 saturated carbocycles. The highest BCUT2D eigenvalue weighted by Crippen LogP contribution is 2.36. The van der Waals surface area contributed by atoms with Gasteiger partial charge in [0.2, 0.25) is 0 Å². The lowest BCUT2D eigenvalue weighted by molar-refractivity contribution is 0.0609. The van der Waals surface area contributed by atoms with Gasteiger partial charge in [-0.15, -0.1) is 0 Å². The smallest absolute Gasteiger partial charge is 0.254 e. The van der Waals surface area contributed by atoms with E-state index < -0.39 is 11.0 Å². The molecule has 1 aromatic heterocycles. The van der Waals surface area contributed by atoms with Gasteiger partial charge in [0.25, 0.3) is 5.91 Å². The lowest BCUT2D eigenvalue weighted by atomic mass is 10.1. The standard InChI is InChI=1S/C21H25N5O2S.C2H3N/c1-21(2,3)25-12-14-10-15(6-7-16(14)20(25)27)23-19-18-17(8-9-22-29(18)28)26(24-19)11-13-4-5-13;1-2-3/h6-10,13,22H,4-5,11-12H2,1-3H3,(H,23,24);1H3. The van der Waals surface area contributed by atoms with E-state index in [0.29, 0.717) is 23.2 Å². The van der Waals surface area contributed by atoms with E-state index in [1.165, 1.54) is 19.8 Å². The van der Waals surface area contributed by atoms with Crippen LogP contribution in [0, 0.1) is 17.2 Å².